The molecule has 0 saturated heterocycles. The molecule has 1 N–H and O–H groups in total. The maximum atomic E-state index is 14.5. The zero-order valence-electron chi connectivity index (χ0n) is 24.5. The number of para-hydroxylation sites is 1. The van der Waals surface area contributed by atoms with Crippen LogP contribution in [0.5, 0.6) is 0 Å². The highest BCUT2D eigenvalue weighted by atomic mass is 32.2. The predicted molar refractivity (Wildman–Crippen MR) is 170 cm³/mol. The quantitative estimate of drug-likeness (QED) is 0.248. The van der Waals surface area contributed by atoms with Gasteiger partial charge in [0, 0.05) is 41.2 Å². The maximum Gasteiger partial charge on any atom is 0.265 e. The van der Waals surface area contributed by atoms with Gasteiger partial charge in [-0.1, -0.05) is 80.4 Å². The van der Waals surface area contributed by atoms with Gasteiger partial charge in [0.15, 0.2) is 0 Å². The van der Waals surface area contributed by atoms with Gasteiger partial charge in [0.2, 0.25) is 0 Å². The maximum absolute atomic E-state index is 14.5. The number of carbonyl (C=O) groups is 2. The van der Waals surface area contributed by atoms with Crippen LogP contribution >= 0.6 is 11.8 Å². The number of hydrogen-bond donors (Lipinski definition) is 1. The van der Waals surface area contributed by atoms with E-state index in [9.17, 15) is 14.0 Å². The van der Waals surface area contributed by atoms with Crippen LogP contribution in [0.2, 0.25) is 0 Å². The van der Waals surface area contributed by atoms with Gasteiger partial charge in [-0.25, -0.2) is 4.39 Å². The van der Waals surface area contributed by atoms with E-state index in [0.29, 0.717) is 34.7 Å². The largest absolute Gasteiger partial charge is 0.351 e. The molecule has 0 radical (unpaired) electrons. The molecule has 0 spiro atoms. The molecule has 5 nitrogen and oxygen atoms in total. The van der Waals surface area contributed by atoms with Crippen LogP contribution in [0, 0.1) is 5.82 Å². The minimum absolute atomic E-state index is 0.0879. The second-order valence-electron chi connectivity index (χ2n) is 11.2. The molecule has 1 saturated carbocycles. The Morgan fingerprint density at radius 3 is 2.50 bits per heavy atom. The summed E-state index contributed by atoms with van der Waals surface area (Å²) < 4.78 is 14.5. The molecule has 2 aliphatic rings. The lowest BCUT2D eigenvalue weighted by Crippen LogP contribution is -2.46. The zero-order chi connectivity index (χ0) is 29.5. The average Bonchev–Trinajstić information content (AvgIpc) is 3.02. The van der Waals surface area contributed by atoms with Crippen molar-refractivity contribution in [2.24, 2.45) is 0 Å². The monoisotopic (exact) mass is 585 g/mol. The first kappa shape index (κ1) is 30.1. The second-order valence-corrected chi connectivity index (χ2v) is 12.3. The molecule has 1 heterocycles. The summed E-state index contributed by atoms with van der Waals surface area (Å²) in [6.45, 7) is 6.15. The highest BCUT2D eigenvalue weighted by Crippen LogP contribution is 2.42. The van der Waals surface area contributed by atoms with E-state index in [0.717, 1.165) is 29.1 Å². The lowest BCUT2D eigenvalue weighted by molar-refractivity contribution is -0.114. The van der Waals surface area contributed by atoms with E-state index in [1.807, 2.05) is 42.5 Å². The topological polar surface area (TPSA) is 52.7 Å². The van der Waals surface area contributed by atoms with Crippen molar-refractivity contribution in [2.75, 3.05) is 18.0 Å². The Balaban J connectivity index is 1.25. The van der Waals surface area contributed by atoms with Crippen molar-refractivity contribution in [1.82, 2.24) is 10.2 Å². The molecule has 3 aromatic rings. The van der Waals surface area contributed by atoms with E-state index in [-0.39, 0.29) is 24.2 Å². The summed E-state index contributed by atoms with van der Waals surface area (Å²) in [4.78, 5) is 32.2. The van der Waals surface area contributed by atoms with Crippen LogP contribution in [-0.4, -0.2) is 41.9 Å². The molecular weight excluding hydrogens is 545 g/mol. The van der Waals surface area contributed by atoms with Crippen molar-refractivity contribution >= 4 is 35.3 Å². The van der Waals surface area contributed by atoms with Crippen LogP contribution in [0.4, 0.5) is 10.1 Å². The summed E-state index contributed by atoms with van der Waals surface area (Å²) in [5, 5.41) is 3.11. The highest BCUT2D eigenvalue weighted by Gasteiger charge is 2.30. The minimum atomic E-state index is -0.332. The van der Waals surface area contributed by atoms with Crippen LogP contribution in [-0.2, 0) is 11.3 Å². The Hall–Kier alpha value is -3.42. The van der Waals surface area contributed by atoms with E-state index in [2.05, 4.69) is 24.1 Å². The summed E-state index contributed by atoms with van der Waals surface area (Å²) in [6, 6.07) is 22.7. The fourth-order valence-corrected chi connectivity index (χ4v) is 6.97. The molecule has 1 aliphatic heterocycles. The van der Waals surface area contributed by atoms with Gasteiger partial charge >= 0.3 is 0 Å². The van der Waals surface area contributed by atoms with Crippen molar-refractivity contribution in [3.63, 3.8) is 0 Å². The normalized spacial score (nSPS) is 17.4. The minimum Gasteiger partial charge on any atom is -0.351 e. The molecule has 1 aliphatic carbocycles. The number of nitrogens with zero attached hydrogens (tertiary/aromatic N) is 2. The van der Waals surface area contributed by atoms with Crippen molar-refractivity contribution in [2.45, 2.75) is 75.9 Å². The van der Waals surface area contributed by atoms with E-state index in [4.69, 9.17) is 0 Å². The summed E-state index contributed by atoms with van der Waals surface area (Å²) in [5.41, 5.74) is 2.66. The van der Waals surface area contributed by atoms with Gasteiger partial charge in [-0.3, -0.25) is 14.5 Å². The van der Waals surface area contributed by atoms with Crippen molar-refractivity contribution in [3.05, 3.63) is 100 Å². The van der Waals surface area contributed by atoms with Gasteiger partial charge in [0.25, 0.3) is 11.8 Å². The van der Waals surface area contributed by atoms with Crippen LogP contribution in [0.15, 0.2) is 82.6 Å². The van der Waals surface area contributed by atoms with Crippen LogP contribution in [0.3, 0.4) is 0 Å². The Kier molecular flexibility index (Phi) is 10.1. The summed E-state index contributed by atoms with van der Waals surface area (Å²) >= 11 is 1.41. The first-order chi connectivity index (χ1) is 20.4. The molecule has 1 atom stereocenters. The first-order valence-corrected chi connectivity index (χ1v) is 15.9. The third-order valence-corrected chi connectivity index (χ3v) is 9.52. The van der Waals surface area contributed by atoms with Crippen molar-refractivity contribution in [3.8, 4) is 0 Å². The third kappa shape index (κ3) is 7.13. The van der Waals surface area contributed by atoms with E-state index in [1.165, 1.54) is 49.9 Å². The molecule has 1 unspecified atom stereocenters. The zero-order valence-corrected chi connectivity index (χ0v) is 25.3. The molecule has 220 valence electrons. The highest BCUT2D eigenvalue weighted by molar-refractivity contribution is 8.04. The Morgan fingerprint density at radius 2 is 1.76 bits per heavy atom. The lowest BCUT2D eigenvalue weighted by atomic mass is 9.93. The molecule has 5 rings (SSSR count). The number of rotatable bonds is 10. The van der Waals surface area contributed by atoms with Crippen LogP contribution in [0.25, 0.3) is 6.08 Å². The smallest absolute Gasteiger partial charge is 0.265 e. The standard InChI is InChI=1S/C35H40FN3O2S/c1-3-25(2)38(29-12-5-4-6-13-29)22-21-37-34(40)27-19-17-26(18-20-27)23-33-35(41)39(24-28-11-7-8-14-30(28)36)31-15-9-10-16-32(31)42-33/h7-11,14-20,23,25,29H,3-6,12-13,21-22,24H2,1-2H3,(H,37,40). The van der Waals surface area contributed by atoms with Gasteiger partial charge in [-0.15, -0.1) is 0 Å². The molecule has 42 heavy (non-hydrogen) atoms. The molecule has 0 aromatic heterocycles. The number of anilines is 1. The number of benzene rings is 3. The molecule has 1 fully saturated rings. The van der Waals surface area contributed by atoms with Crippen LogP contribution < -0.4 is 10.2 Å². The number of thioether (sulfide) groups is 1. The van der Waals surface area contributed by atoms with Crippen molar-refractivity contribution in [1.29, 1.82) is 0 Å². The molecular formula is C35H40FN3O2S. The van der Waals surface area contributed by atoms with E-state index in [1.54, 1.807) is 35.2 Å². The Labute approximate surface area is 253 Å². The molecule has 2 amide bonds. The Bertz CT molecular complexity index is 1420. The van der Waals surface area contributed by atoms with Crippen molar-refractivity contribution < 1.29 is 14.0 Å². The van der Waals surface area contributed by atoms with Crippen LogP contribution in [0.1, 0.15) is 73.9 Å². The molecule has 0 bridgehead atoms. The van der Waals surface area contributed by atoms with Gasteiger partial charge in [0.05, 0.1) is 17.1 Å². The average molecular weight is 586 g/mol. The summed E-state index contributed by atoms with van der Waals surface area (Å²) in [5.74, 6) is -0.593. The lowest BCUT2D eigenvalue weighted by Gasteiger charge is -2.38. The fraction of sp³-hybridized carbons (Fsp3) is 0.371. The number of fused-ring (bicyclic) bond motifs is 1. The second kappa shape index (κ2) is 14.2. The number of amides is 2. The van der Waals surface area contributed by atoms with Gasteiger partial charge in [-0.05, 0) is 68.2 Å². The number of carbonyl (C=O) groups excluding carboxylic acids is 2. The molecule has 7 heteroatoms. The van der Waals surface area contributed by atoms with E-state index < -0.39 is 0 Å². The molecule has 3 aromatic carbocycles. The SMILES string of the molecule is CCC(C)N(CCNC(=O)c1ccc(C=C2Sc3ccccc3N(Cc3ccccc3F)C2=O)cc1)C1CCCCC1. The van der Waals surface area contributed by atoms with E-state index >= 15 is 0 Å². The van der Waals surface area contributed by atoms with Gasteiger partial charge < -0.3 is 10.2 Å². The first-order valence-electron chi connectivity index (χ1n) is 15.1. The number of hydrogen-bond acceptors (Lipinski definition) is 4. The fourth-order valence-electron chi connectivity index (χ4n) is 5.91. The number of halogens is 1. The van der Waals surface area contributed by atoms with Gasteiger partial charge in [0.1, 0.15) is 5.82 Å². The summed E-state index contributed by atoms with van der Waals surface area (Å²) in [7, 11) is 0. The number of nitrogens with one attached hydrogen (secondary N) is 1. The predicted octanol–water partition coefficient (Wildman–Crippen LogP) is 7.67. The van der Waals surface area contributed by atoms with Gasteiger partial charge in [-0.2, -0.15) is 0 Å². The Morgan fingerprint density at radius 1 is 1.05 bits per heavy atom. The summed E-state index contributed by atoms with van der Waals surface area (Å²) in [6.07, 6.45) is 9.38. The third-order valence-electron chi connectivity index (χ3n) is 8.45.